The smallest absolute Gasteiger partial charge is 0.236 e. The molecule has 3 nitrogen and oxygen atoms in total. The van der Waals surface area contributed by atoms with Gasteiger partial charge in [-0.25, -0.2) is 0 Å². The fraction of sp³-hybridized carbons (Fsp3) is 0.208. The molecule has 1 aliphatic rings. The summed E-state index contributed by atoms with van der Waals surface area (Å²) in [7, 11) is 0. The van der Waals surface area contributed by atoms with Gasteiger partial charge in [-0.05, 0) is 36.1 Å². The average Bonchev–Trinajstić information content (AvgIpc) is 2.67. The monoisotopic (exact) mass is 357 g/mol. The summed E-state index contributed by atoms with van der Waals surface area (Å²) in [5.41, 5.74) is 4.93. The van der Waals surface area contributed by atoms with Crippen LogP contribution in [0.5, 0.6) is 11.5 Å². The molecule has 0 bridgehead atoms. The number of benzene rings is 3. The summed E-state index contributed by atoms with van der Waals surface area (Å²) >= 11 is 0. The van der Waals surface area contributed by atoms with Crippen molar-refractivity contribution in [2.45, 2.75) is 32.6 Å². The molecule has 1 heterocycles. The molecule has 0 saturated heterocycles. The number of hydrogen-bond donors (Lipinski definition) is 1. The lowest BCUT2D eigenvalue weighted by atomic mass is 9.87. The Morgan fingerprint density at radius 2 is 1.48 bits per heavy atom. The molecule has 3 heteroatoms. The van der Waals surface area contributed by atoms with Gasteiger partial charge in [-0.2, -0.15) is 0 Å². The summed E-state index contributed by atoms with van der Waals surface area (Å²) in [6.07, 6.45) is 0. The van der Waals surface area contributed by atoms with E-state index in [4.69, 9.17) is 4.74 Å². The molecule has 0 radical (unpaired) electrons. The van der Waals surface area contributed by atoms with E-state index in [-0.39, 0.29) is 5.91 Å². The number of rotatable bonds is 3. The predicted octanol–water partition coefficient (Wildman–Crippen LogP) is 5.99. The Bertz CT molecular complexity index is 961. The molecule has 3 aromatic carbocycles. The fourth-order valence-corrected chi connectivity index (χ4v) is 3.73. The maximum Gasteiger partial charge on any atom is 0.236 e. The predicted molar refractivity (Wildman–Crippen MR) is 109 cm³/mol. The van der Waals surface area contributed by atoms with Crippen molar-refractivity contribution in [3.8, 4) is 11.5 Å². The van der Waals surface area contributed by atoms with Crippen LogP contribution in [0.4, 0.5) is 5.69 Å². The molecule has 3 aromatic rings. The van der Waals surface area contributed by atoms with Crippen LogP contribution in [0.25, 0.3) is 0 Å². The van der Waals surface area contributed by atoms with Gasteiger partial charge in [0, 0.05) is 16.8 Å². The first-order valence-electron chi connectivity index (χ1n) is 9.32. The van der Waals surface area contributed by atoms with Crippen LogP contribution >= 0.6 is 0 Å². The zero-order valence-corrected chi connectivity index (χ0v) is 15.8. The first-order chi connectivity index (χ1) is 13.1. The van der Waals surface area contributed by atoms with Gasteiger partial charge in [0.2, 0.25) is 5.91 Å². The summed E-state index contributed by atoms with van der Waals surface area (Å²) in [6.45, 7) is 6.32. The van der Waals surface area contributed by atoms with Crippen molar-refractivity contribution in [1.29, 1.82) is 0 Å². The molecule has 136 valence electrons. The Morgan fingerprint density at radius 1 is 0.889 bits per heavy atom. The maximum absolute atomic E-state index is 13.5. The van der Waals surface area contributed by atoms with Gasteiger partial charge in [-0.3, -0.25) is 4.79 Å². The van der Waals surface area contributed by atoms with E-state index < -0.39 is 5.92 Å². The van der Waals surface area contributed by atoms with Gasteiger partial charge < -0.3 is 10.1 Å². The summed E-state index contributed by atoms with van der Waals surface area (Å²) in [4.78, 5) is 13.5. The molecule has 0 aromatic heterocycles. The van der Waals surface area contributed by atoms with Gasteiger partial charge in [0.25, 0.3) is 0 Å². The van der Waals surface area contributed by atoms with Crippen molar-refractivity contribution in [1.82, 2.24) is 0 Å². The lowest BCUT2D eigenvalue weighted by Crippen LogP contribution is -2.26. The molecule has 1 aliphatic heterocycles. The Balaban J connectivity index is 1.78. The highest BCUT2D eigenvalue weighted by Gasteiger charge is 2.32. The molecule has 0 fully saturated rings. The summed E-state index contributed by atoms with van der Waals surface area (Å²) in [5.74, 6) is 1.38. The Hall–Kier alpha value is -3.07. The normalized spacial score (nSPS) is 12.9. The van der Waals surface area contributed by atoms with E-state index in [0.29, 0.717) is 5.92 Å². The molecule has 0 unspecified atom stereocenters. The highest BCUT2D eigenvalue weighted by atomic mass is 16.5. The second-order valence-electron chi connectivity index (χ2n) is 7.29. The van der Waals surface area contributed by atoms with Crippen LogP contribution in [0.3, 0.4) is 0 Å². The maximum atomic E-state index is 13.5. The molecule has 0 spiro atoms. The molecular weight excluding hydrogens is 334 g/mol. The van der Waals surface area contributed by atoms with Gasteiger partial charge >= 0.3 is 0 Å². The zero-order chi connectivity index (χ0) is 19.0. The first kappa shape index (κ1) is 17.3. The van der Waals surface area contributed by atoms with E-state index in [9.17, 15) is 4.79 Å². The average molecular weight is 357 g/mol. The number of amides is 1. The Morgan fingerprint density at radius 3 is 2.07 bits per heavy atom. The number of carbonyl (C=O) groups excluding carboxylic acids is 1. The third-order valence-corrected chi connectivity index (χ3v) is 5.12. The Kier molecular flexibility index (Phi) is 4.44. The third-order valence-electron chi connectivity index (χ3n) is 5.12. The largest absolute Gasteiger partial charge is 0.457 e. The number of ether oxygens (including phenoxy) is 1. The number of carbonyl (C=O) groups is 1. The molecule has 0 atom stereocenters. The number of fused-ring (bicyclic) bond motifs is 2. The third kappa shape index (κ3) is 3.10. The van der Waals surface area contributed by atoms with Crippen LogP contribution in [0, 0.1) is 6.92 Å². The van der Waals surface area contributed by atoms with Gasteiger partial charge in [-0.15, -0.1) is 0 Å². The quantitative estimate of drug-likeness (QED) is 0.625. The van der Waals surface area contributed by atoms with E-state index in [0.717, 1.165) is 39.4 Å². The summed E-state index contributed by atoms with van der Waals surface area (Å²) in [6, 6.07) is 21.7. The van der Waals surface area contributed by atoms with Crippen LogP contribution in [0.2, 0.25) is 0 Å². The van der Waals surface area contributed by atoms with E-state index in [1.165, 1.54) is 0 Å². The number of aryl methyl sites for hydroxylation is 1. The van der Waals surface area contributed by atoms with Crippen molar-refractivity contribution in [3.63, 3.8) is 0 Å². The van der Waals surface area contributed by atoms with E-state index in [1.807, 2.05) is 67.6 Å². The van der Waals surface area contributed by atoms with E-state index in [1.54, 1.807) is 0 Å². The van der Waals surface area contributed by atoms with Gasteiger partial charge in [0.15, 0.2) is 0 Å². The SMILES string of the molecule is Cc1cccc(C(C)C)c1NC(=O)C1c2ccccc2Oc2ccccc21. The van der Waals surface area contributed by atoms with Crippen molar-refractivity contribution in [3.05, 3.63) is 89.0 Å². The second-order valence-corrected chi connectivity index (χ2v) is 7.29. The molecule has 0 aliphatic carbocycles. The van der Waals surface area contributed by atoms with Gasteiger partial charge in [-0.1, -0.05) is 68.4 Å². The highest BCUT2D eigenvalue weighted by Crippen LogP contribution is 2.44. The van der Waals surface area contributed by atoms with Crippen LogP contribution < -0.4 is 10.1 Å². The first-order valence-corrected chi connectivity index (χ1v) is 9.32. The molecule has 1 amide bonds. The van der Waals surface area contributed by atoms with Crippen LogP contribution in [0.15, 0.2) is 66.7 Å². The van der Waals surface area contributed by atoms with Crippen LogP contribution in [-0.4, -0.2) is 5.91 Å². The minimum absolute atomic E-state index is 0.0330. The standard InChI is InChI=1S/C24H23NO2/c1-15(2)17-12-8-9-16(3)23(17)25-24(26)22-18-10-4-6-13-20(18)27-21-14-7-5-11-19(21)22/h4-15,22H,1-3H3,(H,25,26). The summed E-state index contributed by atoms with van der Waals surface area (Å²) < 4.78 is 6.01. The topological polar surface area (TPSA) is 38.3 Å². The van der Waals surface area contributed by atoms with Gasteiger partial charge in [0.1, 0.15) is 11.5 Å². The molecule has 4 rings (SSSR count). The molecule has 27 heavy (non-hydrogen) atoms. The molecule has 0 saturated carbocycles. The molecule has 1 N–H and O–H groups in total. The van der Waals surface area contributed by atoms with E-state index in [2.05, 4.69) is 25.2 Å². The zero-order valence-electron chi connectivity index (χ0n) is 15.8. The molecular formula is C24H23NO2. The number of para-hydroxylation sites is 3. The minimum Gasteiger partial charge on any atom is -0.457 e. The lowest BCUT2D eigenvalue weighted by molar-refractivity contribution is -0.116. The number of anilines is 1. The lowest BCUT2D eigenvalue weighted by Gasteiger charge is -2.28. The van der Waals surface area contributed by atoms with Crippen molar-refractivity contribution in [2.75, 3.05) is 5.32 Å². The van der Waals surface area contributed by atoms with Crippen molar-refractivity contribution in [2.24, 2.45) is 0 Å². The van der Waals surface area contributed by atoms with Crippen molar-refractivity contribution >= 4 is 11.6 Å². The number of nitrogens with one attached hydrogen (secondary N) is 1. The Labute approximate surface area is 160 Å². The van der Waals surface area contributed by atoms with Crippen molar-refractivity contribution < 1.29 is 9.53 Å². The van der Waals surface area contributed by atoms with Crippen LogP contribution in [0.1, 0.15) is 47.9 Å². The second kappa shape index (κ2) is 6.92. The van der Waals surface area contributed by atoms with Crippen LogP contribution in [-0.2, 0) is 4.79 Å². The fourth-order valence-electron chi connectivity index (χ4n) is 3.73. The minimum atomic E-state index is -0.397. The summed E-state index contributed by atoms with van der Waals surface area (Å²) in [5, 5.41) is 3.22. The van der Waals surface area contributed by atoms with E-state index >= 15 is 0 Å². The highest BCUT2D eigenvalue weighted by molar-refractivity contribution is 6.00. The van der Waals surface area contributed by atoms with Gasteiger partial charge in [0.05, 0.1) is 5.92 Å². The number of hydrogen-bond acceptors (Lipinski definition) is 2.